The van der Waals surface area contributed by atoms with Crippen molar-refractivity contribution < 1.29 is 19.1 Å². The van der Waals surface area contributed by atoms with E-state index < -0.39 is 6.10 Å². The molecule has 0 unspecified atom stereocenters. The molecule has 1 aliphatic rings. The zero-order valence-electron chi connectivity index (χ0n) is 16.0. The summed E-state index contributed by atoms with van der Waals surface area (Å²) in [6.07, 6.45) is 1.34. The van der Waals surface area contributed by atoms with Crippen LogP contribution in [0.15, 0.2) is 54.6 Å². The van der Waals surface area contributed by atoms with Crippen LogP contribution < -0.4 is 15.4 Å². The summed E-state index contributed by atoms with van der Waals surface area (Å²) in [5.74, 6) is -0.0887. The Morgan fingerprint density at radius 1 is 1.11 bits per heavy atom. The molecule has 0 saturated carbocycles. The minimum Gasteiger partial charge on any atom is -0.480 e. The summed E-state index contributed by atoms with van der Waals surface area (Å²) in [7, 11) is 0. The van der Waals surface area contributed by atoms with Gasteiger partial charge in [-0.15, -0.1) is 0 Å². The maximum atomic E-state index is 12.6. The van der Waals surface area contributed by atoms with Gasteiger partial charge in [-0.3, -0.25) is 9.59 Å². The zero-order chi connectivity index (χ0) is 19.8. The maximum Gasteiger partial charge on any atom is 0.260 e. The van der Waals surface area contributed by atoms with E-state index in [1.165, 1.54) is 0 Å². The molecular weight excluding hydrogens is 356 g/mol. The normalized spacial score (nSPS) is 17.0. The van der Waals surface area contributed by atoms with E-state index in [0.29, 0.717) is 24.4 Å². The Balaban J connectivity index is 1.56. The number of amides is 2. The van der Waals surface area contributed by atoms with Gasteiger partial charge in [0.1, 0.15) is 5.75 Å². The number of hydrogen-bond acceptors (Lipinski definition) is 4. The molecule has 0 aromatic heterocycles. The molecule has 1 saturated heterocycles. The molecule has 6 nitrogen and oxygen atoms in total. The van der Waals surface area contributed by atoms with Gasteiger partial charge in [-0.2, -0.15) is 0 Å². The second-order valence-electron chi connectivity index (χ2n) is 6.80. The maximum absolute atomic E-state index is 12.6. The van der Waals surface area contributed by atoms with E-state index in [9.17, 15) is 9.59 Å². The molecule has 0 spiro atoms. The first-order chi connectivity index (χ1) is 13.6. The van der Waals surface area contributed by atoms with Crippen LogP contribution in [0.4, 0.5) is 0 Å². The standard InChI is InChI=1S/C22H26N2O4/c1-16(21(25)24-15-18-10-7-13-27-18)28-20-12-6-5-11-19(20)22(26)23-14-17-8-3-2-4-9-17/h2-6,8-9,11-12,16,18H,7,10,13-15H2,1H3,(H,23,26)(H,24,25)/t16-,18+/m0/s1. The van der Waals surface area contributed by atoms with Gasteiger partial charge in [-0.25, -0.2) is 0 Å². The number of para-hydroxylation sites is 1. The Morgan fingerprint density at radius 2 is 1.86 bits per heavy atom. The highest BCUT2D eigenvalue weighted by Gasteiger charge is 2.21. The van der Waals surface area contributed by atoms with Crippen molar-refractivity contribution in [3.63, 3.8) is 0 Å². The molecule has 2 N–H and O–H groups in total. The van der Waals surface area contributed by atoms with Crippen LogP contribution in [-0.2, 0) is 16.1 Å². The SMILES string of the molecule is C[C@H](Oc1ccccc1C(=O)NCc1ccccc1)C(=O)NC[C@H]1CCCO1. The first kappa shape index (κ1) is 19.9. The molecule has 0 aliphatic carbocycles. The number of benzene rings is 2. The van der Waals surface area contributed by atoms with Gasteiger partial charge in [0.2, 0.25) is 0 Å². The summed E-state index contributed by atoms with van der Waals surface area (Å²) in [6.45, 7) is 3.32. The average molecular weight is 382 g/mol. The predicted molar refractivity (Wildman–Crippen MR) is 106 cm³/mol. The first-order valence-electron chi connectivity index (χ1n) is 9.60. The monoisotopic (exact) mass is 382 g/mol. The highest BCUT2D eigenvalue weighted by atomic mass is 16.5. The molecule has 2 atom stereocenters. The lowest BCUT2D eigenvalue weighted by Crippen LogP contribution is -2.40. The first-order valence-corrected chi connectivity index (χ1v) is 9.60. The van der Waals surface area contributed by atoms with Crippen LogP contribution in [0.2, 0.25) is 0 Å². The van der Waals surface area contributed by atoms with Gasteiger partial charge in [0, 0.05) is 19.7 Å². The van der Waals surface area contributed by atoms with Crippen LogP contribution in [-0.4, -0.2) is 37.2 Å². The number of carbonyl (C=O) groups excluding carboxylic acids is 2. The number of nitrogens with one attached hydrogen (secondary N) is 2. The fraction of sp³-hybridized carbons (Fsp3) is 0.364. The molecule has 3 rings (SSSR count). The van der Waals surface area contributed by atoms with Crippen molar-refractivity contribution >= 4 is 11.8 Å². The highest BCUT2D eigenvalue weighted by Crippen LogP contribution is 2.20. The fourth-order valence-corrected chi connectivity index (χ4v) is 3.04. The number of hydrogen-bond donors (Lipinski definition) is 2. The van der Waals surface area contributed by atoms with Crippen LogP contribution in [0.5, 0.6) is 5.75 Å². The predicted octanol–water partition coefficient (Wildman–Crippen LogP) is 2.68. The van der Waals surface area contributed by atoms with Crippen molar-refractivity contribution in [2.24, 2.45) is 0 Å². The smallest absolute Gasteiger partial charge is 0.260 e. The Labute approximate surface area is 165 Å². The Kier molecular flexibility index (Phi) is 7.03. The van der Waals surface area contributed by atoms with Crippen LogP contribution in [0.3, 0.4) is 0 Å². The van der Waals surface area contributed by atoms with Gasteiger partial charge >= 0.3 is 0 Å². The molecule has 6 heteroatoms. The minimum absolute atomic E-state index is 0.0761. The van der Waals surface area contributed by atoms with Crippen molar-refractivity contribution in [2.45, 2.75) is 38.5 Å². The minimum atomic E-state index is -0.718. The second-order valence-corrected chi connectivity index (χ2v) is 6.80. The molecule has 28 heavy (non-hydrogen) atoms. The number of ether oxygens (including phenoxy) is 2. The summed E-state index contributed by atoms with van der Waals surface area (Å²) >= 11 is 0. The molecule has 2 amide bonds. The highest BCUT2D eigenvalue weighted by molar-refractivity contribution is 5.97. The lowest BCUT2D eigenvalue weighted by atomic mass is 10.1. The Morgan fingerprint density at radius 3 is 2.61 bits per heavy atom. The molecule has 1 heterocycles. The largest absolute Gasteiger partial charge is 0.480 e. The Bertz CT molecular complexity index is 788. The van der Waals surface area contributed by atoms with Crippen LogP contribution in [0.1, 0.15) is 35.7 Å². The van der Waals surface area contributed by atoms with E-state index in [4.69, 9.17) is 9.47 Å². The van der Waals surface area contributed by atoms with E-state index >= 15 is 0 Å². The number of rotatable bonds is 8. The lowest BCUT2D eigenvalue weighted by Gasteiger charge is -2.18. The van der Waals surface area contributed by atoms with Crippen molar-refractivity contribution in [3.8, 4) is 5.75 Å². The van der Waals surface area contributed by atoms with Gasteiger partial charge in [-0.1, -0.05) is 42.5 Å². The van der Waals surface area contributed by atoms with Crippen molar-refractivity contribution in [3.05, 3.63) is 65.7 Å². The molecule has 0 radical (unpaired) electrons. The summed E-state index contributed by atoms with van der Waals surface area (Å²) in [5, 5.41) is 5.73. The van der Waals surface area contributed by atoms with E-state index in [-0.39, 0.29) is 17.9 Å². The summed E-state index contributed by atoms with van der Waals surface area (Å²) < 4.78 is 11.3. The molecule has 148 valence electrons. The van der Waals surface area contributed by atoms with Crippen molar-refractivity contribution in [2.75, 3.05) is 13.2 Å². The van der Waals surface area contributed by atoms with Crippen molar-refractivity contribution in [1.29, 1.82) is 0 Å². The molecule has 2 aromatic carbocycles. The molecule has 2 aromatic rings. The molecule has 1 aliphatic heterocycles. The quantitative estimate of drug-likeness (QED) is 0.736. The summed E-state index contributed by atoms with van der Waals surface area (Å²) in [4.78, 5) is 24.9. The van der Waals surface area contributed by atoms with Gasteiger partial charge in [-0.05, 0) is 37.5 Å². The van der Waals surface area contributed by atoms with Crippen molar-refractivity contribution in [1.82, 2.24) is 10.6 Å². The van der Waals surface area contributed by atoms with E-state index in [0.717, 1.165) is 25.0 Å². The summed E-state index contributed by atoms with van der Waals surface area (Å²) in [6, 6.07) is 16.6. The van der Waals surface area contributed by atoms with Gasteiger partial charge in [0.05, 0.1) is 11.7 Å². The van der Waals surface area contributed by atoms with Crippen LogP contribution in [0, 0.1) is 0 Å². The van der Waals surface area contributed by atoms with Crippen LogP contribution >= 0.6 is 0 Å². The van der Waals surface area contributed by atoms with E-state index in [1.807, 2.05) is 30.3 Å². The van der Waals surface area contributed by atoms with E-state index in [1.54, 1.807) is 31.2 Å². The van der Waals surface area contributed by atoms with Gasteiger partial charge in [0.25, 0.3) is 11.8 Å². The molecule has 0 bridgehead atoms. The molecular formula is C22H26N2O4. The van der Waals surface area contributed by atoms with Gasteiger partial charge in [0.15, 0.2) is 6.10 Å². The summed E-state index contributed by atoms with van der Waals surface area (Å²) in [5.41, 5.74) is 1.41. The fourth-order valence-electron chi connectivity index (χ4n) is 3.04. The zero-order valence-corrected chi connectivity index (χ0v) is 16.0. The molecule has 1 fully saturated rings. The van der Waals surface area contributed by atoms with E-state index in [2.05, 4.69) is 10.6 Å². The Hall–Kier alpha value is -2.86. The third-order valence-corrected chi connectivity index (χ3v) is 4.63. The topological polar surface area (TPSA) is 76.7 Å². The van der Waals surface area contributed by atoms with Gasteiger partial charge < -0.3 is 20.1 Å². The third kappa shape index (κ3) is 5.57. The lowest BCUT2D eigenvalue weighted by molar-refractivity contribution is -0.127. The average Bonchev–Trinajstić information content (AvgIpc) is 3.25. The third-order valence-electron chi connectivity index (χ3n) is 4.63. The second kappa shape index (κ2) is 9.90. The van der Waals surface area contributed by atoms with Crippen LogP contribution in [0.25, 0.3) is 0 Å². The number of carbonyl (C=O) groups is 2.